The van der Waals surface area contributed by atoms with Crippen molar-refractivity contribution >= 4 is 5.57 Å². The number of methoxy groups -OCH3 is 1. The third kappa shape index (κ3) is 10.8. The summed E-state index contributed by atoms with van der Waals surface area (Å²) in [7, 11) is 1.69. The van der Waals surface area contributed by atoms with E-state index in [2.05, 4.69) is 60.6 Å². The first-order chi connectivity index (χ1) is 29.0. The largest absolute Gasteiger partial charge is 0.507 e. The molecule has 0 spiro atoms. The monoisotopic (exact) mass is 820 g/mol. The van der Waals surface area contributed by atoms with Gasteiger partial charge >= 0.3 is 0 Å². The highest BCUT2D eigenvalue weighted by Crippen LogP contribution is 2.49. The minimum Gasteiger partial charge on any atom is -0.507 e. The zero-order valence-electron chi connectivity index (χ0n) is 38.4. The lowest BCUT2D eigenvalue weighted by Gasteiger charge is -2.21. The third-order valence-corrected chi connectivity index (χ3v) is 13.1. The van der Waals surface area contributed by atoms with Crippen molar-refractivity contribution in [3.63, 3.8) is 0 Å². The summed E-state index contributed by atoms with van der Waals surface area (Å²) in [5.41, 5.74) is 6.64. The highest BCUT2D eigenvalue weighted by Gasteiger charge is 2.34. The maximum Gasteiger partial charge on any atom is 0.167 e. The molecule has 0 fully saturated rings. The number of aromatic hydroxyl groups is 2. The molecule has 60 heavy (non-hydrogen) atoms. The Kier molecular flexibility index (Phi) is 17.3. The smallest absolute Gasteiger partial charge is 0.167 e. The van der Waals surface area contributed by atoms with E-state index in [1.165, 1.54) is 43.2 Å². The molecule has 2 N–H and O–H groups in total. The van der Waals surface area contributed by atoms with Gasteiger partial charge in [-0.3, -0.25) is 0 Å². The van der Waals surface area contributed by atoms with Gasteiger partial charge in [0.25, 0.3) is 0 Å². The fourth-order valence-electron chi connectivity index (χ4n) is 8.69. The van der Waals surface area contributed by atoms with Gasteiger partial charge in [0.15, 0.2) is 17.5 Å². The Morgan fingerprint density at radius 1 is 0.583 bits per heavy atom. The summed E-state index contributed by atoms with van der Waals surface area (Å²) in [5, 5.41) is 23.7. The van der Waals surface area contributed by atoms with Crippen LogP contribution in [0.4, 0.5) is 0 Å². The van der Waals surface area contributed by atoms with Gasteiger partial charge in [0, 0.05) is 22.6 Å². The first-order valence-electron chi connectivity index (χ1n) is 23.1. The van der Waals surface area contributed by atoms with Crippen LogP contribution in [0.3, 0.4) is 0 Å². The number of hydrogen-bond donors (Lipinski definition) is 2. The minimum atomic E-state index is 0.0636. The molecule has 0 aliphatic heterocycles. The SMILES string of the molecule is CCCCC(CC)COc1ccc(-c2nc(C3=C(C)C(CC(CC)CCCC)c4ccc(OC)cc43)nc(-c3ccc(OCC(CC)CCCC)c(C)c3O)n2)c(O)c1C. The van der Waals surface area contributed by atoms with Gasteiger partial charge in [0.2, 0.25) is 0 Å². The summed E-state index contributed by atoms with van der Waals surface area (Å²) in [5.74, 6) is 5.00. The Morgan fingerprint density at radius 3 is 1.50 bits per heavy atom. The quantitative estimate of drug-likeness (QED) is 0.0720. The van der Waals surface area contributed by atoms with Crippen LogP contribution in [0.1, 0.15) is 166 Å². The van der Waals surface area contributed by atoms with Crippen LogP contribution >= 0.6 is 0 Å². The summed E-state index contributed by atoms with van der Waals surface area (Å²) in [4.78, 5) is 15.4. The van der Waals surface area contributed by atoms with Crippen molar-refractivity contribution < 1.29 is 24.4 Å². The number of benzene rings is 3. The van der Waals surface area contributed by atoms with Gasteiger partial charge in [0.05, 0.1) is 31.5 Å². The predicted molar refractivity (Wildman–Crippen MR) is 246 cm³/mol. The second kappa shape index (κ2) is 22.3. The van der Waals surface area contributed by atoms with Gasteiger partial charge in [-0.15, -0.1) is 0 Å². The van der Waals surface area contributed by atoms with Gasteiger partial charge in [-0.05, 0) is 105 Å². The fraction of sp³-hybridized carbons (Fsp3) is 0.558. The molecule has 1 aliphatic carbocycles. The zero-order chi connectivity index (χ0) is 43.3. The molecule has 0 saturated heterocycles. The molecule has 0 radical (unpaired) electrons. The molecule has 4 unspecified atom stereocenters. The Bertz CT molecular complexity index is 1960. The van der Waals surface area contributed by atoms with E-state index in [-0.39, 0.29) is 17.4 Å². The van der Waals surface area contributed by atoms with E-state index in [1.807, 2.05) is 44.2 Å². The number of nitrogens with zero attached hydrogens (tertiary/aromatic N) is 3. The maximum atomic E-state index is 11.9. The summed E-state index contributed by atoms with van der Waals surface area (Å²) >= 11 is 0. The van der Waals surface area contributed by atoms with Crippen molar-refractivity contribution in [1.29, 1.82) is 0 Å². The third-order valence-electron chi connectivity index (χ3n) is 13.1. The zero-order valence-corrected chi connectivity index (χ0v) is 38.4. The molecule has 4 atom stereocenters. The summed E-state index contributed by atoms with van der Waals surface area (Å²) in [6.45, 7) is 20.6. The van der Waals surface area contributed by atoms with E-state index in [9.17, 15) is 10.2 Å². The van der Waals surface area contributed by atoms with Gasteiger partial charge < -0.3 is 24.4 Å². The molecule has 5 rings (SSSR count). The number of rotatable bonds is 24. The molecule has 1 aromatic heterocycles. The number of ether oxygens (including phenoxy) is 3. The Balaban J connectivity index is 1.65. The van der Waals surface area contributed by atoms with E-state index in [4.69, 9.17) is 29.2 Å². The highest BCUT2D eigenvalue weighted by molar-refractivity contribution is 5.87. The van der Waals surface area contributed by atoms with Gasteiger partial charge in [0.1, 0.15) is 28.7 Å². The minimum absolute atomic E-state index is 0.0636. The molecule has 0 saturated carbocycles. The van der Waals surface area contributed by atoms with Crippen LogP contribution in [-0.2, 0) is 0 Å². The molecule has 1 aliphatic rings. The first-order valence-corrected chi connectivity index (χ1v) is 23.1. The number of aromatic nitrogens is 3. The molecule has 1 heterocycles. The standard InChI is InChI=1S/C52H73N3O5/c1-11-17-20-36(14-4)29-43-33(7)47(44-30-39(58-10)23-24-40(43)44)52-54-50(41-25-27-45(34(8)48(41)56)59-31-37(15-5)21-18-12-2)53-51(55-52)42-26-28-46(35(9)49(42)57)60-32-38(16-6)22-19-13-3/h23-28,30,36-38,43,56-57H,11-22,29,31-32H2,1-10H3. The van der Waals surface area contributed by atoms with Gasteiger partial charge in [-0.1, -0.05) is 117 Å². The summed E-state index contributed by atoms with van der Waals surface area (Å²) < 4.78 is 18.4. The van der Waals surface area contributed by atoms with Crippen molar-refractivity contribution in [2.45, 2.75) is 152 Å². The average molecular weight is 820 g/mol. The Morgan fingerprint density at radius 2 is 1.05 bits per heavy atom. The molecule has 4 aromatic rings. The predicted octanol–water partition coefficient (Wildman–Crippen LogP) is 14.0. The molecule has 8 heteroatoms. The van der Waals surface area contributed by atoms with Crippen LogP contribution in [0.2, 0.25) is 0 Å². The summed E-state index contributed by atoms with van der Waals surface area (Å²) in [6, 6.07) is 13.8. The van der Waals surface area contributed by atoms with Gasteiger partial charge in [-0.2, -0.15) is 0 Å². The lowest BCUT2D eigenvalue weighted by atomic mass is 9.83. The number of hydrogen-bond acceptors (Lipinski definition) is 8. The molecule has 0 amide bonds. The number of phenols is 2. The van der Waals surface area contributed by atoms with E-state index < -0.39 is 0 Å². The average Bonchev–Trinajstić information content (AvgIpc) is 3.54. The van der Waals surface area contributed by atoms with Crippen molar-refractivity contribution in [1.82, 2.24) is 15.0 Å². The van der Waals surface area contributed by atoms with Crippen LogP contribution in [-0.4, -0.2) is 45.5 Å². The van der Waals surface area contributed by atoms with E-state index in [0.717, 1.165) is 68.3 Å². The fourth-order valence-corrected chi connectivity index (χ4v) is 8.69. The lowest BCUT2D eigenvalue weighted by Crippen LogP contribution is -2.12. The summed E-state index contributed by atoms with van der Waals surface area (Å²) in [6.07, 6.45) is 14.7. The Hall–Kier alpha value is -4.59. The van der Waals surface area contributed by atoms with E-state index in [0.29, 0.717) is 82.2 Å². The first kappa shape index (κ1) is 46.5. The van der Waals surface area contributed by atoms with Crippen LogP contribution in [0.5, 0.6) is 28.7 Å². The highest BCUT2D eigenvalue weighted by atomic mass is 16.5. The molecular weight excluding hydrogens is 747 g/mol. The van der Waals surface area contributed by atoms with Crippen molar-refractivity contribution in [3.05, 3.63) is 76.1 Å². The normalized spacial score (nSPS) is 15.2. The van der Waals surface area contributed by atoms with Crippen LogP contribution in [0.15, 0.2) is 48.0 Å². The van der Waals surface area contributed by atoms with Crippen molar-refractivity contribution in [2.24, 2.45) is 17.8 Å². The second-order valence-electron chi connectivity index (χ2n) is 17.1. The number of unbranched alkanes of at least 4 members (excludes halogenated alkanes) is 3. The van der Waals surface area contributed by atoms with Crippen LogP contribution in [0.25, 0.3) is 28.3 Å². The Labute approximate surface area is 361 Å². The number of allylic oxidation sites excluding steroid dienone is 1. The molecule has 0 bridgehead atoms. The van der Waals surface area contributed by atoms with Crippen LogP contribution < -0.4 is 14.2 Å². The van der Waals surface area contributed by atoms with Crippen LogP contribution in [0, 0.1) is 31.6 Å². The molecular formula is C52H73N3O5. The molecule has 8 nitrogen and oxygen atoms in total. The van der Waals surface area contributed by atoms with E-state index in [1.54, 1.807) is 7.11 Å². The van der Waals surface area contributed by atoms with Crippen molar-refractivity contribution in [3.8, 4) is 51.5 Å². The van der Waals surface area contributed by atoms with Crippen molar-refractivity contribution in [2.75, 3.05) is 20.3 Å². The molecule has 326 valence electrons. The lowest BCUT2D eigenvalue weighted by molar-refractivity contribution is 0.231. The molecule has 3 aromatic carbocycles. The maximum absolute atomic E-state index is 11.9. The second-order valence-corrected chi connectivity index (χ2v) is 17.1. The number of fused-ring (bicyclic) bond motifs is 1. The topological polar surface area (TPSA) is 107 Å². The van der Waals surface area contributed by atoms with E-state index >= 15 is 0 Å². The number of phenolic OH excluding ortho intramolecular Hbond substituents is 2. The van der Waals surface area contributed by atoms with Gasteiger partial charge in [-0.25, -0.2) is 15.0 Å².